The van der Waals surface area contributed by atoms with E-state index in [0.717, 1.165) is 15.9 Å². The Kier molecular flexibility index (Phi) is 3.27. The van der Waals surface area contributed by atoms with Crippen molar-refractivity contribution in [3.63, 3.8) is 0 Å². The molecule has 24 heavy (non-hydrogen) atoms. The number of fused-ring (bicyclic) bond motifs is 2. The summed E-state index contributed by atoms with van der Waals surface area (Å²) in [5, 5.41) is 10.9. The Hall–Kier alpha value is -2.87. The van der Waals surface area contributed by atoms with Crippen LogP contribution < -0.4 is 15.4 Å². The van der Waals surface area contributed by atoms with Crippen LogP contribution in [0.4, 0.5) is 11.4 Å². The third-order valence-corrected chi connectivity index (χ3v) is 4.99. The van der Waals surface area contributed by atoms with Gasteiger partial charge in [-0.15, -0.1) is 11.3 Å². The lowest BCUT2D eigenvalue weighted by molar-refractivity contribution is -0.118. The molecule has 122 valence electrons. The van der Waals surface area contributed by atoms with Crippen LogP contribution in [0.25, 0.3) is 10.2 Å². The Morgan fingerprint density at radius 3 is 3.04 bits per heavy atom. The number of thiophene rings is 1. The standard InChI is InChI=1S/C16H14N4O3S/c1-8-10-6-13(24-16(10)20(2)19-8)15(22)17-9-3-4-12-11(5-9)18-14(21)7-23-12/h3-6H,7H2,1-2H3,(H,17,22)(H,18,21). The lowest BCUT2D eigenvalue weighted by Crippen LogP contribution is -2.25. The normalized spacial score (nSPS) is 13.3. The summed E-state index contributed by atoms with van der Waals surface area (Å²) in [5.74, 6) is 0.188. The fourth-order valence-corrected chi connectivity index (χ4v) is 3.69. The van der Waals surface area contributed by atoms with Gasteiger partial charge in [0, 0.05) is 18.1 Å². The molecule has 1 aliphatic heterocycles. The molecular formula is C16H14N4O3S. The minimum Gasteiger partial charge on any atom is -0.482 e. The number of hydrogen-bond acceptors (Lipinski definition) is 5. The van der Waals surface area contributed by atoms with Gasteiger partial charge in [0.2, 0.25) is 0 Å². The molecule has 0 bridgehead atoms. The number of ether oxygens (including phenoxy) is 1. The first-order chi connectivity index (χ1) is 11.5. The van der Waals surface area contributed by atoms with Gasteiger partial charge in [0.05, 0.1) is 16.3 Å². The number of benzene rings is 1. The minimum atomic E-state index is -0.210. The molecule has 4 rings (SSSR count). The zero-order valence-electron chi connectivity index (χ0n) is 13.0. The second-order valence-corrected chi connectivity index (χ2v) is 6.57. The maximum absolute atomic E-state index is 12.5. The number of aromatic nitrogens is 2. The number of carbonyl (C=O) groups is 2. The van der Waals surface area contributed by atoms with Gasteiger partial charge in [-0.05, 0) is 31.2 Å². The highest BCUT2D eigenvalue weighted by Crippen LogP contribution is 2.32. The van der Waals surface area contributed by atoms with Crippen molar-refractivity contribution in [2.24, 2.45) is 7.05 Å². The molecule has 0 saturated heterocycles. The molecule has 0 unspecified atom stereocenters. The molecule has 0 spiro atoms. The van der Waals surface area contributed by atoms with Gasteiger partial charge in [-0.25, -0.2) is 0 Å². The minimum absolute atomic E-state index is 0.00781. The van der Waals surface area contributed by atoms with Crippen molar-refractivity contribution in [2.45, 2.75) is 6.92 Å². The molecule has 2 aromatic heterocycles. The number of rotatable bonds is 2. The van der Waals surface area contributed by atoms with Crippen LogP contribution in [0.1, 0.15) is 15.4 Å². The van der Waals surface area contributed by atoms with Gasteiger partial charge in [-0.1, -0.05) is 0 Å². The van der Waals surface area contributed by atoms with E-state index in [9.17, 15) is 9.59 Å². The predicted octanol–water partition coefficient (Wildman–Crippen LogP) is 2.53. The smallest absolute Gasteiger partial charge is 0.265 e. The maximum atomic E-state index is 12.5. The monoisotopic (exact) mass is 342 g/mol. The molecule has 1 aliphatic rings. The van der Waals surface area contributed by atoms with Gasteiger partial charge in [-0.3, -0.25) is 14.3 Å². The SMILES string of the molecule is Cc1nn(C)c2sc(C(=O)Nc3ccc4c(c3)NC(=O)CO4)cc12. The van der Waals surface area contributed by atoms with E-state index in [1.54, 1.807) is 22.9 Å². The topological polar surface area (TPSA) is 85.3 Å². The summed E-state index contributed by atoms with van der Waals surface area (Å²) in [5.41, 5.74) is 2.05. The lowest BCUT2D eigenvalue weighted by atomic mass is 10.2. The summed E-state index contributed by atoms with van der Waals surface area (Å²) in [6.45, 7) is 1.93. The van der Waals surface area contributed by atoms with E-state index >= 15 is 0 Å². The fourth-order valence-electron chi connectivity index (χ4n) is 2.67. The summed E-state index contributed by atoms with van der Waals surface area (Å²) in [6, 6.07) is 7.00. The summed E-state index contributed by atoms with van der Waals surface area (Å²) < 4.78 is 7.08. The molecule has 0 saturated carbocycles. The van der Waals surface area contributed by atoms with Crippen molar-refractivity contribution in [1.29, 1.82) is 0 Å². The summed E-state index contributed by atoms with van der Waals surface area (Å²) in [4.78, 5) is 25.4. The average molecular weight is 342 g/mol. The highest BCUT2D eigenvalue weighted by Gasteiger charge is 2.18. The van der Waals surface area contributed by atoms with Gasteiger partial charge in [0.25, 0.3) is 11.8 Å². The Labute approximate surface area is 141 Å². The van der Waals surface area contributed by atoms with E-state index < -0.39 is 0 Å². The number of carbonyl (C=O) groups excluding carboxylic acids is 2. The van der Waals surface area contributed by atoms with Crippen LogP contribution in [-0.4, -0.2) is 28.2 Å². The lowest BCUT2D eigenvalue weighted by Gasteiger charge is -2.18. The summed E-state index contributed by atoms with van der Waals surface area (Å²) in [7, 11) is 1.86. The first kappa shape index (κ1) is 14.7. The Balaban J connectivity index is 1.60. The van der Waals surface area contributed by atoms with E-state index in [0.29, 0.717) is 22.0 Å². The quantitative estimate of drug-likeness (QED) is 0.749. The molecular weight excluding hydrogens is 328 g/mol. The second kappa shape index (κ2) is 5.34. The van der Waals surface area contributed by atoms with Crippen molar-refractivity contribution >= 4 is 44.7 Å². The van der Waals surface area contributed by atoms with Gasteiger partial charge in [0.1, 0.15) is 10.6 Å². The number of hydrogen-bond donors (Lipinski definition) is 2. The Morgan fingerprint density at radius 2 is 2.25 bits per heavy atom. The fraction of sp³-hybridized carbons (Fsp3) is 0.188. The van der Waals surface area contributed by atoms with E-state index in [2.05, 4.69) is 15.7 Å². The number of aryl methyl sites for hydroxylation is 2. The van der Waals surface area contributed by atoms with Gasteiger partial charge < -0.3 is 15.4 Å². The number of nitrogens with one attached hydrogen (secondary N) is 2. The van der Waals surface area contributed by atoms with Gasteiger partial charge in [0.15, 0.2) is 6.61 Å². The maximum Gasteiger partial charge on any atom is 0.265 e. The molecule has 3 heterocycles. The van der Waals surface area contributed by atoms with Crippen molar-refractivity contribution < 1.29 is 14.3 Å². The van der Waals surface area contributed by atoms with Crippen molar-refractivity contribution in [3.8, 4) is 5.75 Å². The molecule has 3 aromatic rings. The molecule has 7 nitrogen and oxygen atoms in total. The molecule has 0 radical (unpaired) electrons. The third kappa shape index (κ3) is 2.41. The van der Waals surface area contributed by atoms with Crippen molar-refractivity contribution in [1.82, 2.24) is 9.78 Å². The van der Waals surface area contributed by atoms with Crippen LogP contribution in [0.5, 0.6) is 5.75 Å². The van der Waals surface area contributed by atoms with Crippen LogP contribution in [0, 0.1) is 6.92 Å². The van der Waals surface area contributed by atoms with Crippen LogP contribution in [0.2, 0.25) is 0 Å². The first-order valence-corrected chi connectivity index (χ1v) is 8.14. The van der Waals surface area contributed by atoms with Gasteiger partial charge >= 0.3 is 0 Å². The highest BCUT2D eigenvalue weighted by atomic mass is 32.1. The predicted molar refractivity (Wildman–Crippen MR) is 91.8 cm³/mol. The van der Waals surface area contributed by atoms with E-state index in [4.69, 9.17) is 4.74 Å². The second-order valence-electron chi connectivity index (χ2n) is 5.54. The molecule has 1 aromatic carbocycles. The summed E-state index contributed by atoms with van der Waals surface area (Å²) >= 11 is 1.40. The van der Waals surface area contributed by atoms with Crippen molar-refractivity contribution in [3.05, 3.63) is 34.8 Å². The van der Waals surface area contributed by atoms with Crippen LogP contribution in [0.15, 0.2) is 24.3 Å². The number of anilines is 2. The van der Waals surface area contributed by atoms with E-state index in [-0.39, 0.29) is 18.4 Å². The van der Waals surface area contributed by atoms with Crippen LogP contribution >= 0.6 is 11.3 Å². The summed E-state index contributed by atoms with van der Waals surface area (Å²) in [6.07, 6.45) is 0. The number of amides is 2. The average Bonchev–Trinajstić information content (AvgIpc) is 3.09. The molecule has 0 aliphatic carbocycles. The van der Waals surface area contributed by atoms with Crippen LogP contribution in [-0.2, 0) is 11.8 Å². The molecule has 0 fully saturated rings. The zero-order chi connectivity index (χ0) is 16.8. The van der Waals surface area contributed by atoms with E-state index in [1.165, 1.54) is 11.3 Å². The number of nitrogens with zero attached hydrogens (tertiary/aromatic N) is 2. The molecule has 2 amide bonds. The Bertz CT molecular complexity index is 954. The molecule has 0 atom stereocenters. The third-order valence-electron chi connectivity index (χ3n) is 3.79. The largest absolute Gasteiger partial charge is 0.482 e. The Morgan fingerprint density at radius 1 is 1.42 bits per heavy atom. The van der Waals surface area contributed by atoms with Crippen molar-refractivity contribution in [2.75, 3.05) is 17.2 Å². The molecule has 2 N–H and O–H groups in total. The van der Waals surface area contributed by atoms with E-state index in [1.807, 2.05) is 20.0 Å². The highest BCUT2D eigenvalue weighted by molar-refractivity contribution is 7.20. The zero-order valence-corrected chi connectivity index (χ0v) is 13.9. The first-order valence-electron chi connectivity index (χ1n) is 7.32. The van der Waals surface area contributed by atoms with Crippen LogP contribution in [0.3, 0.4) is 0 Å². The molecule has 8 heteroatoms. The van der Waals surface area contributed by atoms with Gasteiger partial charge in [-0.2, -0.15) is 5.10 Å².